The average Bonchev–Trinajstić information content (AvgIpc) is 2.99. The molecule has 4 rings (SSSR count). The van der Waals surface area contributed by atoms with Crippen molar-refractivity contribution in [1.82, 2.24) is 0 Å². The Labute approximate surface area is 216 Å². The summed E-state index contributed by atoms with van der Waals surface area (Å²) in [6, 6.07) is 0. The van der Waals surface area contributed by atoms with Gasteiger partial charge in [0.1, 0.15) is 6.17 Å². The van der Waals surface area contributed by atoms with Crippen LogP contribution in [0.25, 0.3) is 0 Å². The van der Waals surface area contributed by atoms with Crippen LogP contribution in [-0.4, -0.2) is 49.3 Å². The maximum atomic E-state index is 17.3. The Morgan fingerprint density at radius 2 is 1.97 bits per heavy atom. The molecule has 1 N–H and O–H groups in total. The van der Waals surface area contributed by atoms with Crippen LogP contribution in [0, 0.1) is 28.6 Å². The highest BCUT2D eigenvalue weighted by atomic mass is 127. The Morgan fingerprint density at radius 3 is 2.59 bits per heavy atom. The van der Waals surface area contributed by atoms with E-state index in [0.29, 0.717) is 10.2 Å². The normalized spacial score (nSPS) is 47.4. The molecule has 0 aromatic heterocycles. The lowest BCUT2D eigenvalue weighted by Gasteiger charge is -2.63. The molecule has 0 saturated heterocycles. The number of aliphatic hydroxyl groups excluding tert-OH is 1. The van der Waals surface area contributed by atoms with Crippen molar-refractivity contribution in [2.24, 2.45) is 28.6 Å². The first-order valence-corrected chi connectivity index (χ1v) is 14.3. The fourth-order valence-corrected chi connectivity index (χ4v) is 9.26. The van der Waals surface area contributed by atoms with Gasteiger partial charge in [0.15, 0.2) is 17.1 Å². The second-order valence-electron chi connectivity index (χ2n) is 10.6. The van der Waals surface area contributed by atoms with Gasteiger partial charge in [0.25, 0.3) is 0 Å². The van der Waals surface area contributed by atoms with Gasteiger partial charge in [0, 0.05) is 29.1 Å². The zero-order valence-corrected chi connectivity index (χ0v) is 22.8. The molecule has 0 aromatic carbocycles. The van der Waals surface area contributed by atoms with Gasteiger partial charge in [0.05, 0.1) is 9.86 Å². The van der Waals surface area contributed by atoms with Crippen LogP contribution in [0.15, 0.2) is 23.8 Å². The van der Waals surface area contributed by atoms with Crippen molar-refractivity contribution >= 4 is 51.2 Å². The molecular formula is C25H31F2IO5S. The number of thioether (sulfide) groups is 1. The van der Waals surface area contributed by atoms with E-state index < -0.39 is 63.9 Å². The first kappa shape index (κ1) is 26.3. The highest BCUT2D eigenvalue weighted by Crippen LogP contribution is 2.72. The fourth-order valence-electron chi connectivity index (χ4n) is 7.63. The summed E-state index contributed by atoms with van der Waals surface area (Å²) in [5, 5.41) is 11.1. The predicted octanol–water partition coefficient (Wildman–Crippen LogP) is 4.90. The second-order valence-corrected chi connectivity index (χ2v) is 13.3. The van der Waals surface area contributed by atoms with E-state index in [1.165, 1.54) is 12.2 Å². The van der Waals surface area contributed by atoms with Gasteiger partial charge in [-0.2, -0.15) is 0 Å². The number of allylic oxidation sites excluding steroid dienone is 4. The van der Waals surface area contributed by atoms with E-state index in [1.54, 1.807) is 20.8 Å². The van der Waals surface area contributed by atoms with Crippen LogP contribution in [0.5, 0.6) is 0 Å². The molecule has 1 unspecified atom stereocenters. The predicted molar refractivity (Wildman–Crippen MR) is 134 cm³/mol. The Kier molecular flexibility index (Phi) is 6.68. The standard InChI is InChI=1S/C25H31F2IO5S/c1-5-20(31)33-25(21(32)34-12-28)13(2)8-15-16-10-18(26)17-9-14(29)6-7-22(17,3)24(16,27)19(30)11-23(15,25)4/h6-7,9,13,15-16,18-19,30H,5,8,10-12H2,1-4H3/t13-,15+,16?,18+,19+,22+,23+,24+,25+/m1/s1. The summed E-state index contributed by atoms with van der Waals surface area (Å²) in [4.78, 5) is 38.1. The molecule has 5 nitrogen and oxygen atoms in total. The molecule has 0 aromatic rings. The maximum absolute atomic E-state index is 17.3. The summed E-state index contributed by atoms with van der Waals surface area (Å²) in [7, 11) is 0. The first-order valence-electron chi connectivity index (χ1n) is 11.7. The van der Waals surface area contributed by atoms with Crippen LogP contribution in [-0.2, 0) is 19.1 Å². The van der Waals surface area contributed by atoms with Crippen LogP contribution in [0.3, 0.4) is 0 Å². The molecule has 3 saturated carbocycles. The summed E-state index contributed by atoms with van der Waals surface area (Å²) in [5.74, 6) is -2.77. The van der Waals surface area contributed by atoms with Crippen molar-refractivity contribution in [1.29, 1.82) is 0 Å². The highest BCUT2D eigenvalue weighted by Gasteiger charge is 2.78. The van der Waals surface area contributed by atoms with E-state index in [2.05, 4.69) is 22.6 Å². The molecule has 3 fully saturated rings. The number of alkyl halides is 3. The number of fused-ring (bicyclic) bond motifs is 5. The number of carbonyl (C=O) groups excluding carboxylic acids is 3. The first-order chi connectivity index (χ1) is 15.8. The van der Waals surface area contributed by atoms with E-state index in [9.17, 15) is 19.5 Å². The topological polar surface area (TPSA) is 80.7 Å². The lowest BCUT2D eigenvalue weighted by Crippen LogP contribution is -2.70. The summed E-state index contributed by atoms with van der Waals surface area (Å²) in [5.41, 5.74) is -6.26. The fraction of sp³-hybridized carbons (Fsp3) is 0.720. The number of rotatable bonds is 4. The zero-order valence-electron chi connectivity index (χ0n) is 19.8. The SMILES string of the molecule is CCC(=O)O[C@]1(C(=O)SCI)[C@H](C)C[C@H]2C3C[C@H](F)C4=CC(=O)C=C[C@]4(C)[C@@]3(F)[C@@H](O)C[C@@]21C. The number of esters is 1. The Morgan fingerprint density at radius 1 is 1.29 bits per heavy atom. The number of hydrogen-bond donors (Lipinski definition) is 1. The van der Waals surface area contributed by atoms with Gasteiger partial charge in [0.2, 0.25) is 5.12 Å². The number of ketones is 1. The molecule has 4 aliphatic carbocycles. The maximum Gasteiger partial charge on any atom is 0.306 e. The van der Waals surface area contributed by atoms with Crippen molar-refractivity contribution in [3.8, 4) is 0 Å². The van der Waals surface area contributed by atoms with Crippen molar-refractivity contribution < 1.29 is 33.0 Å². The molecule has 188 valence electrons. The van der Waals surface area contributed by atoms with Crippen molar-refractivity contribution in [2.45, 2.75) is 76.9 Å². The molecule has 9 heteroatoms. The molecule has 0 bridgehead atoms. The summed E-state index contributed by atoms with van der Waals surface area (Å²) < 4.78 is 39.3. The van der Waals surface area contributed by atoms with Crippen LogP contribution in [0.4, 0.5) is 8.78 Å². The van der Waals surface area contributed by atoms with Crippen LogP contribution in [0.1, 0.15) is 53.4 Å². The number of hydrogen-bond acceptors (Lipinski definition) is 6. The van der Waals surface area contributed by atoms with Crippen molar-refractivity contribution in [3.05, 3.63) is 23.8 Å². The molecule has 4 aliphatic rings. The van der Waals surface area contributed by atoms with Crippen molar-refractivity contribution in [2.75, 3.05) is 3.76 Å². The quantitative estimate of drug-likeness (QED) is 0.278. The number of carbonyl (C=O) groups is 3. The minimum Gasteiger partial charge on any atom is -0.449 e. The number of halogens is 3. The zero-order chi connectivity index (χ0) is 25.3. The third kappa shape index (κ3) is 3.20. The average molecular weight is 608 g/mol. The third-order valence-electron chi connectivity index (χ3n) is 9.22. The van der Waals surface area contributed by atoms with E-state index >= 15 is 8.78 Å². The Hall–Kier alpha value is -0.810. The molecular weight excluding hydrogens is 577 g/mol. The van der Waals surface area contributed by atoms with E-state index in [-0.39, 0.29) is 30.0 Å². The van der Waals surface area contributed by atoms with E-state index in [1.807, 2.05) is 6.92 Å². The van der Waals surface area contributed by atoms with E-state index in [0.717, 1.165) is 17.8 Å². The Bertz CT molecular complexity index is 986. The lowest BCUT2D eigenvalue weighted by atomic mass is 9.44. The molecule has 0 amide bonds. The third-order valence-corrected chi connectivity index (χ3v) is 10.8. The largest absolute Gasteiger partial charge is 0.449 e. The van der Waals surface area contributed by atoms with Gasteiger partial charge >= 0.3 is 5.97 Å². The van der Waals surface area contributed by atoms with Crippen LogP contribution >= 0.6 is 34.4 Å². The van der Waals surface area contributed by atoms with Crippen LogP contribution < -0.4 is 0 Å². The molecule has 0 radical (unpaired) electrons. The summed E-state index contributed by atoms with van der Waals surface area (Å²) in [6.07, 6.45) is 0.845. The van der Waals surface area contributed by atoms with Gasteiger partial charge in [-0.25, -0.2) is 8.78 Å². The van der Waals surface area contributed by atoms with Crippen LogP contribution in [0.2, 0.25) is 0 Å². The summed E-state index contributed by atoms with van der Waals surface area (Å²) >= 11 is 3.11. The van der Waals surface area contributed by atoms with Gasteiger partial charge in [-0.3, -0.25) is 14.4 Å². The molecule has 0 spiro atoms. The smallest absolute Gasteiger partial charge is 0.306 e. The summed E-state index contributed by atoms with van der Waals surface area (Å²) in [6.45, 7) is 6.81. The second kappa shape index (κ2) is 8.64. The van der Waals surface area contributed by atoms with Gasteiger partial charge in [-0.15, -0.1) is 0 Å². The minimum absolute atomic E-state index is 0.0627. The van der Waals surface area contributed by atoms with E-state index in [4.69, 9.17) is 4.74 Å². The highest BCUT2D eigenvalue weighted by molar-refractivity contribution is 14.1. The molecule has 0 heterocycles. The van der Waals surface area contributed by atoms with Gasteiger partial charge in [-0.05, 0) is 49.8 Å². The number of aliphatic hydroxyl groups is 1. The molecule has 0 aliphatic heterocycles. The number of ether oxygens (including phenoxy) is 1. The van der Waals surface area contributed by atoms with Gasteiger partial charge < -0.3 is 9.84 Å². The minimum atomic E-state index is -2.23. The van der Waals surface area contributed by atoms with Crippen molar-refractivity contribution in [3.63, 3.8) is 0 Å². The lowest BCUT2D eigenvalue weighted by molar-refractivity contribution is -0.228. The molecule has 9 atom stereocenters. The molecule has 34 heavy (non-hydrogen) atoms. The Balaban J connectivity index is 1.87. The van der Waals surface area contributed by atoms with Gasteiger partial charge in [-0.1, -0.05) is 61.2 Å². The monoisotopic (exact) mass is 608 g/mol.